The zero-order chi connectivity index (χ0) is 18.4. The van der Waals surface area contributed by atoms with Gasteiger partial charge in [-0.05, 0) is 38.8 Å². The molecule has 1 aromatic carbocycles. The lowest BCUT2D eigenvalue weighted by atomic mass is 10.0. The third-order valence-corrected chi connectivity index (χ3v) is 3.35. The highest BCUT2D eigenvalue weighted by molar-refractivity contribution is 5.87. The van der Waals surface area contributed by atoms with Crippen LogP contribution in [-0.4, -0.2) is 34.3 Å². The number of carbonyl (C=O) groups is 2. The van der Waals surface area contributed by atoms with Crippen LogP contribution >= 0.6 is 0 Å². The predicted molar refractivity (Wildman–Crippen MR) is 91.9 cm³/mol. The first-order chi connectivity index (χ1) is 11.8. The molecule has 134 valence electrons. The number of aryl methyl sites for hydroxylation is 1. The van der Waals surface area contributed by atoms with Crippen molar-refractivity contribution in [2.24, 2.45) is 0 Å². The van der Waals surface area contributed by atoms with Crippen LogP contribution in [0.1, 0.15) is 37.6 Å². The number of aromatic nitrogens is 2. The second-order valence-electron chi connectivity index (χ2n) is 6.59. The van der Waals surface area contributed by atoms with E-state index in [2.05, 4.69) is 10.4 Å². The average Bonchev–Trinajstić information content (AvgIpc) is 2.98. The SMILES string of the molecule is CC(C)(C)OC(=O)NCCCn1cc(-c2cccc(F)c2C=O)cn1. The molecule has 0 aliphatic heterocycles. The molecule has 0 bridgehead atoms. The minimum absolute atomic E-state index is 0.0219. The van der Waals surface area contributed by atoms with E-state index in [-0.39, 0.29) is 5.56 Å². The zero-order valence-electron chi connectivity index (χ0n) is 14.6. The Morgan fingerprint density at radius 1 is 1.40 bits per heavy atom. The maximum Gasteiger partial charge on any atom is 0.407 e. The molecule has 1 heterocycles. The fraction of sp³-hybridized carbons (Fsp3) is 0.389. The zero-order valence-corrected chi connectivity index (χ0v) is 14.6. The number of aldehydes is 1. The molecular weight excluding hydrogens is 325 g/mol. The van der Waals surface area contributed by atoms with Gasteiger partial charge in [-0.1, -0.05) is 12.1 Å². The summed E-state index contributed by atoms with van der Waals surface area (Å²) in [7, 11) is 0. The molecule has 0 aliphatic rings. The number of hydrogen-bond donors (Lipinski definition) is 1. The van der Waals surface area contributed by atoms with Gasteiger partial charge in [0.2, 0.25) is 0 Å². The van der Waals surface area contributed by atoms with Gasteiger partial charge in [0, 0.05) is 24.8 Å². The molecule has 2 rings (SSSR count). The molecule has 1 amide bonds. The Bertz CT molecular complexity index is 750. The summed E-state index contributed by atoms with van der Waals surface area (Å²) in [5.41, 5.74) is 0.672. The van der Waals surface area contributed by atoms with Crippen molar-refractivity contribution in [2.75, 3.05) is 6.54 Å². The summed E-state index contributed by atoms with van der Waals surface area (Å²) in [6.45, 7) is 6.43. The van der Waals surface area contributed by atoms with Gasteiger partial charge in [0.15, 0.2) is 6.29 Å². The van der Waals surface area contributed by atoms with Gasteiger partial charge in [0.1, 0.15) is 11.4 Å². The maximum absolute atomic E-state index is 13.7. The van der Waals surface area contributed by atoms with Gasteiger partial charge in [-0.2, -0.15) is 5.10 Å². The van der Waals surface area contributed by atoms with Gasteiger partial charge in [0.05, 0.1) is 11.8 Å². The van der Waals surface area contributed by atoms with Crippen molar-refractivity contribution in [2.45, 2.75) is 39.3 Å². The highest BCUT2D eigenvalue weighted by Gasteiger charge is 2.15. The monoisotopic (exact) mass is 347 g/mol. The van der Waals surface area contributed by atoms with E-state index in [9.17, 15) is 14.0 Å². The van der Waals surface area contributed by atoms with Crippen LogP contribution in [-0.2, 0) is 11.3 Å². The molecule has 0 saturated carbocycles. The lowest BCUT2D eigenvalue weighted by Gasteiger charge is -2.19. The van der Waals surface area contributed by atoms with Crippen molar-refractivity contribution >= 4 is 12.4 Å². The van der Waals surface area contributed by atoms with Crippen LogP contribution in [0.15, 0.2) is 30.6 Å². The summed E-state index contributed by atoms with van der Waals surface area (Å²) in [5.74, 6) is -0.554. The van der Waals surface area contributed by atoms with Crippen LogP contribution in [0.3, 0.4) is 0 Å². The second-order valence-corrected chi connectivity index (χ2v) is 6.59. The fourth-order valence-corrected chi connectivity index (χ4v) is 2.28. The highest BCUT2D eigenvalue weighted by Crippen LogP contribution is 2.24. The van der Waals surface area contributed by atoms with Crippen molar-refractivity contribution in [1.82, 2.24) is 15.1 Å². The molecule has 2 aromatic rings. The molecule has 1 aromatic heterocycles. The van der Waals surface area contributed by atoms with Crippen molar-refractivity contribution < 1.29 is 18.7 Å². The van der Waals surface area contributed by atoms with Gasteiger partial charge in [-0.15, -0.1) is 0 Å². The quantitative estimate of drug-likeness (QED) is 0.642. The topological polar surface area (TPSA) is 73.2 Å². The van der Waals surface area contributed by atoms with E-state index in [1.165, 1.54) is 6.07 Å². The van der Waals surface area contributed by atoms with Gasteiger partial charge in [0.25, 0.3) is 0 Å². The molecule has 1 N–H and O–H groups in total. The Hall–Kier alpha value is -2.70. The van der Waals surface area contributed by atoms with Crippen LogP contribution in [0.2, 0.25) is 0 Å². The first-order valence-electron chi connectivity index (χ1n) is 8.03. The van der Waals surface area contributed by atoms with Crippen LogP contribution < -0.4 is 5.32 Å². The number of ether oxygens (including phenoxy) is 1. The Morgan fingerprint density at radius 2 is 2.16 bits per heavy atom. The first-order valence-corrected chi connectivity index (χ1v) is 8.03. The van der Waals surface area contributed by atoms with E-state index in [4.69, 9.17) is 4.74 Å². The van der Waals surface area contributed by atoms with E-state index in [0.29, 0.717) is 36.9 Å². The van der Waals surface area contributed by atoms with Crippen LogP contribution in [0.5, 0.6) is 0 Å². The third kappa shape index (κ3) is 5.41. The molecule has 7 heteroatoms. The van der Waals surface area contributed by atoms with Gasteiger partial charge in [-0.3, -0.25) is 9.48 Å². The highest BCUT2D eigenvalue weighted by atomic mass is 19.1. The van der Waals surface area contributed by atoms with Crippen LogP contribution in [0, 0.1) is 5.82 Å². The number of nitrogens with one attached hydrogen (secondary N) is 1. The minimum atomic E-state index is -0.554. The number of carbonyl (C=O) groups excluding carboxylic acids is 2. The minimum Gasteiger partial charge on any atom is -0.444 e. The third-order valence-electron chi connectivity index (χ3n) is 3.35. The molecular formula is C18H22FN3O3. The molecule has 0 spiro atoms. The van der Waals surface area contributed by atoms with E-state index in [1.807, 2.05) is 0 Å². The fourth-order valence-electron chi connectivity index (χ4n) is 2.28. The number of rotatable bonds is 6. The molecule has 0 fully saturated rings. The van der Waals surface area contributed by atoms with Crippen LogP contribution in [0.25, 0.3) is 11.1 Å². The van der Waals surface area contributed by atoms with Crippen molar-refractivity contribution in [3.8, 4) is 11.1 Å². The Labute approximate surface area is 146 Å². The number of benzene rings is 1. The van der Waals surface area contributed by atoms with E-state index in [1.54, 1.807) is 50.0 Å². The summed E-state index contributed by atoms with van der Waals surface area (Å²) in [5, 5.41) is 6.88. The maximum atomic E-state index is 13.7. The van der Waals surface area contributed by atoms with E-state index < -0.39 is 17.5 Å². The second kappa shape index (κ2) is 7.92. The number of halogens is 1. The van der Waals surface area contributed by atoms with Gasteiger partial charge >= 0.3 is 6.09 Å². The lowest BCUT2D eigenvalue weighted by Crippen LogP contribution is -2.33. The summed E-state index contributed by atoms with van der Waals surface area (Å²) < 4.78 is 20.5. The number of nitrogens with zero attached hydrogens (tertiary/aromatic N) is 2. The number of hydrogen-bond acceptors (Lipinski definition) is 4. The van der Waals surface area contributed by atoms with E-state index in [0.717, 1.165) is 0 Å². The average molecular weight is 347 g/mol. The Kier molecular flexibility index (Phi) is 5.90. The normalized spacial score (nSPS) is 11.2. The summed E-state index contributed by atoms with van der Waals surface area (Å²) in [6, 6.07) is 4.48. The molecule has 0 aliphatic carbocycles. The first kappa shape index (κ1) is 18.6. The molecule has 25 heavy (non-hydrogen) atoms. The van der Waals surface area contributed by atoms with Crippen molar-refractivity contribution in [3.05, 3.63) is 42.0 Å². The summed E-state index contributed by atoms with van der Waals surface area (Å²) in [6.07, 6.45) is 4.04. The molecule has 0 radical (unpaired) electrons. The summed E-state index contributed by atoms with van der Waals surface area (Å²) >= 11 is 0. The number of alkyl carbamates (subject to hydrolysis) is 1. The smallest absolute Gasteiger partial charge is 0.407 e. The Morgan fingerprint density at radius 3 is 2.84 bits per heavy atom. The van der Waals surface area contributed by atoms with Crippen molar-refractivity contribution in [1.29, 1.82) is 0 Å². The Balaban J connectivity index is 1.89. The van der Waals surface area contributed by atoms with Gasteiger partial charge in [-0.25, -0.2) is 9.18 Å². The van der Waals surface area contributed by atoms with Gasteiger partial charge < -0.3 is 10.1 Å². The van der Waals surface area contributed by atoms with Crippen LogP contribution in [0.4, 0.5) is 9.18 Å². The predicted octanol–water partition coefficient (Wildman–Crippen LogP) is 3.42. The van der Waals surface area contributed by atoms with Crippen molar-refractivity contribution in [3.63, 3.8) is 0 Å². The molecule has 0 unspecified atom stereocenters. The lowest BCUT2D eigenvalue weighted by molar-refractivity contribution is 0.0526. The molecule has 0 saturated heterocycles. The largest absolute Gasteiger partial charge is 0.444 e. The standard InChI is InChI=1S/C18H22FN3O3/c1-18(2,3)25-17(24)20-8-5-9-22-11-13(10-21-22)14-6-4-7-16(19)15(14)12-23/h4,6-7,10-12H,5,8-9H2,1-3H3,(H,20,24). The summed E-state index contributed by atoms with van der Waals surface area (Å²) in [4.78, 5) is 22.6. The van der Waals surface area contributed by atoms with E-state index >= 15 is 0 Å². The molecule has 6 nitrogen and oxygen atoms in total. The molecule has 0 atom stereocenters. The number of amides is 1.